The van der Waals surface area contributed by atoms with E-state index in [0.717, 1.165) is 54.6 Å². The molecule has 0 atom stereocenters. The summed E-state index contributed by atoms with van der Waals surface area (Å²) in [5.41, 5.74) is 4.42. The van der Waals surface area contributed by atoms with Crippen LogP contribution in [0.2, 0.25) is 0 Å². The van der Waals surface area contributed by atoms with Gasteiger partial charge in [-0.1, -0.05) is 77.0 Å². The first-order chi connectivity index (χ1) is 16.9. The summed E-state index contributed by atoms with van der Waals surface area (Å²) in [4.78, 5) is 23.7. The van der Waals surface area contributed by atoms with Crippen molar-refractivity contribution in [3.63, 3.8) is 0 Å². The van der Waals surface area contributed by atoms with Crippen LogP contribution in [-0.2, 0) is 6.54 Å². The number of allylic oxidation sites excluding steroid dienone is 5. The van der Waals surface area contributed by atoms with Gasteiger partial charge in [0.1, 0.15) is 5.70 Å². The van der Waals surface area contributed by atoms with Crippen LogP contribution in [0, 0.1) is 15.7 Å². The monoisotopic (exact) mass is 496 g/mol. The number of amides is 2. The molecule has 0 aromatic heterocycles. The number of hydrogen-bond acceptors (Lipinski definition) is 4. The lowest BCUT2D eigenvalue weighted by Crippen LogP contribution is -2.34. The zero-order chi connectivity index (χ0) is 27.2. The van der Waals surface area contributed by atoms with Crippen LogP contribution in [0.1, 0.15) is 85.8 Å². The second kappa shape index (κ2) is 15.4. The molecule has 1 rings (SSSR count). The highest BCUT2D eigenvalue weighted by atomic mass is 16.3. The summed E-state index contributed by atoms with van der Waals surface area (Å²) in [6.07, 6.45) is 9.05. The van der Waals surface area contributed by atoms with Gasteiger partial charge in [0.2, 0.25) is 0 Å². The van der Waals surface area contributed by atoms with E-state index in [9.17, 15) is 9.70 Å². The van der Waals surface area contributed by atoms with Gasteiger partial charge in [-0.15, -0.1) is 4.91 Å². The van der Waals surface area contributed by atoms with Crippen LogP contribution in [0.4, 0.5) is 4.79 Å². The number of urea groups is 1. The molecule has 6 nitrogen and oxygen atoms in total. The van der Waals surface area contributed by atoms with Gasteiger partial charge < -0.3 is 16.0 Å². The van der Waals surface area contributed by atoms with Crippen LogP contribution in [-0.4, -0.2) is 25.7 Å². The van der Waals surface area contributed by atoms with Crippen molar-refractivity contribution in [1.29, 1.82) is 0 Å². The highest BCUT2D eigenvalue weighted by molar-refractivity contribution is 5.79. The smallest absolute Gasteiger partial charge is 0.315 e. The molecule has 0 radical (unpaired) electrons. The third-order valence-corrected chi connectivity index (χ3v) is 6.22. The van der Waals surface area contributed by atoms with Crippen molar-refractivity contribution >= 4 is 11.6 Å². The van der Waals surface area contributed by atoms with Crippen LogP contribution in [0.15, 0.2) is 58.9 Å². The number of carbonyl (C=O) groups is 1. The fourth-order valence-electron chi connectivity index (χ4n) is 3.78. The maximum atomic E-state index is 12.0. The summed E-state index contributed by atoms with van der Waals surface area (Å²) in [6, 6.07) is 7.65. The molecule has 0 heterocycles. The van der Waals surface area contributed by atoms with Crippen molar-refractivity contribution in [2.24, 2.45) is 16.0 Å². The second-order valence-corrected chi connectivity index (χ2v) is 11.2. The molecule has 0 saturated carbocycles. The van der Waals surface area contributed by atoms with E-state index in [2.05, 4.69) is 62.7 Å². The maximum absolute atomic E-state index is 12.0. The van der Waals surface area contributed by atoms with Crippen molar-refractivity contribution in [2.45, 2.75) is 81.2 Å². The minimum absolute atomic E-state index is 0.0422. The lowest BCUT2D eigenvalue weighted by molar-refractivity contribution is 0.241. The van der Waals surface area contributed by atoms with Gasteiger partial charge in [0.25, 0.3) is 0 Å². The average molecular weight is 497 g/mol. The number of carbonyl (C=O) groups excluding carboxylic acids is 1. The Bertz CT molecular complexity index is 937. The fourth-order valence-corrected chi connectivity index (χ4v) is 3.78. The predicted octanol–water partition coefficient (Wildman–Crippen LogP) is 7.34. The Morgan fingerprint density at radius 1 is 1.08 bits per heavy atom. The summed E-state index contributed by atoms with van der Waals surface area (Å²) in [5, 5.41) is 12.5. The molecule has 6 heteroatoms. The molecule has 200 valence electrons. The largest absolute Gasteiger partial charge is 0.338 e. The molecule has 0 unspecified atom stereocenters. The van der Waals surface area contributed by atoms with E-state index in [1.807, 2.05) is 56.3 Å². The molecule has 2 amide bonds. The molecule has 0 fully saturated rings. The minimum atomic E-state index is -0.201. The number of rotatable bonds is 14. The van der Waals surface area contributed by atoms with Gasteiger partial charge in [0, 0.05) is 18.7 Å². The van der Waals surface area contributed by atoms with E-state index in [1.54, 1.807) is 0 Å². The van der Waals surface area contributed by atoms with Crippen molar-refractivity contribution in [1.82, 2.24) is 16.0 Å². The summed E-state index contributed by atoms with van der Waals surface area (Å²) < 4.78 is 0. The van der Waals surface area contributed by atoms with Gasteiger partial charge in [-0.25, -0.2) is 4.79 Å². The third-order valence-electron chi connectivity index (χ3n) is 6.22. The Balaban J connectivity index is 3.02. The Morgan fingerprint density at radius 2 is 1.81 bits per heavy atom. The summed E-state index contributed by atoms with van der Waals surface area (Å²) >= 11 is 0. The maximum Gasteiger partial charge on any atom is 0.315 e. The lowest BCUT2D eigenvalue weighted by Gasteiger charge is -2.26. The molecule has 0 spiro atoms. The van der Waals surface area contributed by atoms with Crippen LogP contribution >= 0.6 is 0 Å². The van der Waals surface area contributed by atoms with Gasteiger partial charge in [-0.2, -0.15) is 0 Å². The number of nitrogens with one attached hydrogen (secondary N) is 3. The predicted molar refractivity (Wildman–Crippen MR) is 154 cm³/mol. The summed E-state index contributed by atoms with van der Waals surface area (Å²) in [7, 11) is 0. The molecule has 3 N–H and O–H groups in total. The first-order valence-electron chi connectivity index (χ1n) is 13.1. The zero-order valence-electron chi connectivity index (χ0n) is 23.8. The summed E-state index contributed by atoms with van der Waals surface area (Å²) in [6.45, 7) is 20.1. The van der Waals surface area contributed by atoms with E-state index in [1.165, 1.54) is 0 Å². The van der Waals surface area contributed by atoms with E-state index in [0.29, 0.717) is 24.2 Å². The number of unbranched alkanes of at least 4 members (excludes halogenated alkanes) is 1. The number of benzene rings is 1. The van der Waals surface area contributed by atoms with Gasteiger partial charge in [-0.05, 0) is 86.0 Å². The van der Waals surface area contributed by atoms with Gasteiger partial charge >= 0.3 is 6.03 Å². The average Bonchev–Trinajstić information content (AvgIpc) is 2.81. The number of nitroso groups, excluding NO2 is 1. The molecular weight excluding hydrogens is 448 g/mol. The van der Waals surface area contributed by atoms with Gasteiger partial charge in [0.15, 0.2) is 0 Å². The van der Waals surface area contributed by atoms with E-state index >= 15 is 0 Å². The van der Waals surface area contributed by atoms with Crippen LogP contribution in [0.25, 0.3) is 5.57 Å². The number of nitrogens with zero attached hydrogens (tertiary/aromatic N) is 1. The summed E-state index contributed by atoms with van der Waals surface area (Å²) in [5.74, 6) is 0. The first-order valence-corrected chi connectivity index (χ1v) is 13.1. The van der Waals surface area contributed by atoms with E-state index < -0.39 is 0 Å². The molecule has 1 aromatic carbocycles. The van der Waals surface area contributed by atoms with Crippen molar-refractivity contribution < 1.29 is 4.79 Å². The van der Waals surface area contributed by atoms with Crippen molar-refractivity contribution in [3.8, 4) is 0 Å². The zero-order valence-corrected chi connectivity index (χ0v) is 23.8. The lowest BCUT2D eigenvalue weighted by atomic mass is 9.79. The molecule has 0 aliphatic carbocycles. The van der Waals surface area contributed by atoms with Crippen molar-refractivity contribution in [3.05, 3.63) is 69.8 Å². The second-order valence-electron chi connectivity index (χ2n) is 11.2. The minimum Gasteiger partial charge on any atom is -0.338 e. The molecule has 0 saturated heterocycles. The van der Waals surface area contributed by atoms with Crippen molar-refractivity contribution in [2.75, 3.05) is 19.6 Å². The van der Waals surface area contributed by atoms with Crippen LogP contribution in [0.3, 0.4) is 0 Å². The Morgan fingerprint density at radius 3 is 2.42 bits per heavy atom. The van der Waals surface area contributed by atoms with E-state index in [-0.39, 0.29) is 11.4 Å². The Hall–Kier alpha value is -2.73. The third kappa shape index (κ3) is 11.8. The SMILES string of the molecule is C\C=C/C(=C(\C=C(/C)C(C)(C)CCCCNCC(C)(C)C)N=O)c1cccc(CNC(=O)NCC)c1. The van der Waals surface area contributed by atoms with Gasteiger partial charge in [-0.3, -0.25) is 0 Å². The topological polar surface area (TPSA) is 82.6 Å². The standard InChI is InChI=1S/C30H48N4O2/c1-9-14-26(25-16-13-15-24(20-25)21-33-28(35)32-10-2)27(34-36)19-23(3)30(7,8)17-11-12-18-31-22-29(4,5)6/h9,13-16,19-20,31H,10-12,17-18,21-22H2,1-8H3,(H2,32,33,35)/b14-9-,23-19+,27-26-. The van der Waals surface area contributed by atoms with Gasteiger partial charge in [0.05, 0.1) is 0 Å². The molecule has 0 aliphatic rings. The highest BCUT2D eigenvalue weighted by Gasteiger charge is 2.21. The highest BCUT2D eigenvalue weighted by Crippen LogP contribution is 2.34. The number of hydrogen-bond donors (Lipinski definition) is 3. The Kier molecular flexibility index (Phi) is 13.4. The van der Waals surface area contributed by atoms with E-state index in [4.69, 9.17) is 0 Å². The molecule has 0 aliphatic heterocycles. The quantitative estimate of drug-likeness (QED) is 0.143. The molecular formula is C30H48N4O2. The van der Waals surface area contributed by atoms with Crippen LogP contribution < -0.4 is 16.0 Å². The normalized spacial score (nSPS) is 13.5. The molecule has 36 heavy (non-hydrogen) atoms. The molecule has 1 aromatic rings. The van der Waals surface area contributed by atoms with Crippen LogP contribution in [0.5, 0.6) is 0 Å². The first kappa shape index (κ1) is 31.3. The Labute approximate surface area is 219 Å². The molecule has 0 bridgehead atoms. The fraction of sp³-hybridized carbons (Fsp3) is 0.567.